The average Bonchev–Trinajstić information content (AvgIpc) is 2.04. The van der Waals surface area contributed by atoms with Crippen LogP contribution in [0.1, 0.15) is 5.69 Å². The van der Waals surface area contributed by atoms with Crippen molar-refractivity contribution in [1.82, 2.24) is 4.98 Å². The zero-order valence-corrected chi connectivity index (χ0v) is 8.30. The second-order valence-corrected chi connectivity index (χ2v) is 3.56. The molecule has 2 aromatic rings. The molecule has 0 saturated heterocycles. The van der Waals surface area contributed by atoms with E-state index in [0.29, 0.717) is 0 Å². The number of fused-ring (bicyclic) bond motifs is 1. The number of aryl methyl sites for hydroxylation is 1. The molecule has 0 aliphatic carbocycles. The normalized spacial score (nSPS) is 10.5. The maximum absolute atomic E-state index is 4.32. The van der Waals surface area contributed by atoms with Crippen LogP contribution in [0.3, 0.4) is 0 Å². The topological polar surface area (TPSA) is 12.9 Å². The first-order valence-electron chi connectivity index (χ1n) is 3.79. The summed E-state index contributed by atoms with van der Waals surface area (Å²) in [4.78, 5) is 4.32. The largest absolute Gasteiger partial charge is 0.246 e. The summed E-state index contributed by atoms with van der Waals surface area (Å²) >= 11 is 3.37. The van der Waals surface area contributed by atoms with Crippen molar-refractivity contribution in [3.8, 4) is 0 Å². The Balaban J connectivity index is 2.89. The number of pyridine rings is 1. The predicted molar refractivity (Wildman–Crippen MR) is 54.2 cm³/mol. The van der Waals surface area contributed by atoms with Crippen molar-refractivity contribution in [3.05, 3.63) is 40.6 Å². The average molecular weight is 222 g/mol. The molecule has 0 aliphatic rings. The third kappa shape index (κ3) is 1.23. The highest BCUT2D eigenvalue weighted by Gasteiger charge is 1.98. The standard InChI is InChI=1S/C10H8BrN/c1-7-9-5-3-2-4-8(9)6-10(11)12-7/h2-6H,1H3. The number of hydrogen-bond acceptors (Lipinski definition) is 1. The molecule has 12 heavy (non-hydrogen) atoms. The first-order chi connectivity index (χ1) is 5.77. The molecule has 0 spiro atoms. The molecule has 0 radical (unpaired) electrons. The van der Waals surface area contributed by atoms with Gasteiger partial charge in [0.2, 0.25) is 0 Å². The van der Waals surface area contributed by atoms with Gasteiger partial charge in [0.1, 0.15) is 4.60 Å². The van der Waals surface area contributed by atoms with Crippen LogP contribution < -0.4 is 0 Å². The summed E-state index contributed by atoms with van der Waals surface area (Å²) in [5, 5.41) is 2.46. The van der Waals surface area contributed by atoms with Gasteiger partial charge in [-0.3, -0.25) is 0 Å². The van der Waals surface area contributed by atoms with Gasteiger partial charge in [0.05, 0.1) is 0 Å². The monoisotopic (exact) mass is 221 g/mol. The van der Waals surface area contributed by atoms with Crippen LogP contribution in [-0.4, -0.2) is 4.98 Å². The molecular weight excluding hydrogens is 214 g/mol. The van der Waals surface area contributed by atoms with Gasteiger partial charge in [-0.15, -0.1) is 0 Å². The van der Waals surface area contributed by atoms with E-state index in [1.54, 1.807) is 0 Å². The Morgan fingerprint density at radius 3 is 2.83 bits per heavy atom. The lowest BCUT2D eigenvalue weighted by atomic mass is 10.1. The first kappa shape index (κ1) is 7.74. The second-order valence-electron chi connectivity index (χ2n) is 2.75. The van der Waals surface area contributed by atoms with E-state index in [1.807, 2.05) is 25.1 Å². The van der Waals surface area contributed by atoms with E-state index in [-0.39, 0.29) is 0 Å². The molecule has 60 valence electrons. The molecule has 0 aliphatic heterocycles. The van der Waals surface area contributed by atoms with Gasteiger partial charge < -0.3 is 0 Å². The third-order valence-corrected chi connectivity index (χ3v) is 2.31. The van der Waals surface area contributed by atoms with Gasteiger partial charge >= 0.3 is 0 Å². The highest BCUT2D eigenvalue weighted by molar-refractivity contribution is 9.10. The molecule has 0 bridgehead atoms. The Labute approximate surface area is 79.6 Å². The van der Waals surface area contributed by atoms with Crippen LogP contribution in [-0.2, 0) is 0 Å². The molecule has 0 fully saturated rings. The quantitative estimate of drug-likeness (QED) is 0.623. The van der Waals surface area contributed by atoms with Crippen LogP contribution in [0, 0.1) is 6.92 Å². The van der Waals surface area contributed by atoms with E-state index >= 15 is 0 Å². The van der Waals surface area contributed by atoms with Crippen molar-refractivity contribution in [3.63, 3.8) is 0 Å². The fourth-order valence-corrected chi connectivity index (χ4v) is 1.85. The number of rotatable bonds is 0. The minimum absolute atomic E-state index is 0.902. The summed E-state index contributed by atoms with van der Waals surface area (Å²) in [6.07, 6.45) is 0. The minimum atomic E-state index is 0.902. The summed E-state index contributed by atoms with van der Waals surface area (Å²) in [7, 11) is 0. The SMILES string of the molecule is Cc1nc(Br)cc2ccccc12. The lowest BCUT2D eigenvalue weighted by Gasteiger charge is -2.00. The number of hydrogen-bond donors (Lipinski definition) is 0. The molecule has 0 saturated carbocycles. The highest BCUT2D eigenvalue weighted by Crippen LogP contribution is 2.19. The van der Waals surface area contributed by atoms with Gasteiger partial charge in [-0.2, -0.15) is 0 Å². The number of aromatic nitrogens is 1. The molecule has 0 unspecified atom stereocenters. The van der Waals surface area contributed by atoms with E-state index in [0.717, 1.165) is 10.3 Å². The molecule has 2 heteroatoms. The Morgan fingerprint density at radius 1 is 1.25 bits per heavy atom. The van der Waals surface area contributed by atoms with Gasteiger partial charge in [-0.25, -0.2) is 4.98 Å². The molecule has 2 rings (SSSR count). The number of nitrogens with zero attached hydrogens (tertiary/aromatic N) is 1. The summed E-state index contributed by atoms with van der Waals surface area (Å²) in [6, 6.07) is 10.3. The Bertz CT molecular complexity index is 423. The third-order valence-electron chi connectivity index (χ3n) is 1.90. The summed E-state index contributed by atoms with van der Waals surface area (Å²) < 4.78 is 0.902. The Hall–Kier alpha value is -0.890. The van der Waals surface area contributed by atoms with Crippen LogP contribution in [0.5, 0.6) is 0 Å². The highest BCUT2D eigenvalue weighted by atomic mass is 79.9. The van der Waals surface area contributed by atoms with Crippen LogP contribution in [0.15, 0.2) is 34.9 Å². The summed E-state index contributed by atoms with van der Waals surface area (Å²) in [5.41, 5.74) is 1.07. The lowest BCUT2D eigenvalue weighted by molar-refractivity contribution is 1.20. The molecule has 1 aromatic carbocycles. The van der Waals surface area contributed by atoms with Crippen molar-refractivity contribution in [2.24, 2.45) is 0 Å². The van der Waals surface area contributed by atoms with E-state index < -0.39 is 0 Å². The zero-order valence-electron chi connectivity index (χ0n) is 6.71. The van der Waals surface area contributed by atoms with Crippen LogP contribution in [0.4, 0.5) is 0 Å². The van der Waals surface area contributed by atoms with E-state index in [9.17, 15) is 0 Å². The predicted octanol–water partition coefficient (Wildman–Crippen LogP) is 3.31. The van der Waals surface area contributed by atoms with E-state index in [2.05, 4.69) is 33.0 Å². The fraction of sp³-hybridized carbons (Fsp3) is 0.100. The van der Waals surface area contributed by atoms with Gasteiger partial charge in [-0.1, -0.05) is 24.3 Å². The number of benzene rings is 1. The Kier molecular flexibility index (Phi) is 1.85. The lowest BCUT2D eigenvalue weighted by Crippen LogP contribution is -1.84. The molecule has 1 nitrogen and oxygen atoms in total. The maximum atomic E-state index is 4.32. The first-order valence-corrected chi connectivity index (χ1v) is 4.58. The maximum Gasteiger partial charge on any atom is 0.107 e. The molecular formula is C10H8BrN. The van der Waals surface area contributed by atoms with Crippen LogP contribution >= 0.6 is 15.9 Å². The summed E-state index contributed by atoms with van der Waals surface area (Å²) in [6.45, 7) is 2.02. The summed E-state index contributed by atoms with van der Waals surface area (Å²) in [5.74, 6) is 0. The van der Waals surface area contributed by atoms with Crippen molar-refractivity contribution in [1.29, 1.82) is 0 Å². The fourth-order valence-electron chi connectivity index (χ4n) is 1.33. The van der Waals surface area contributed by atoms with Gasteiger partial charge in [0.25, 0.3) is 0 Å². The van der Waals surface area contributed by atoms with Crippen molar-refractivity contribution in [2.75, 3.05) is 0 Å². The van der Waals surface area contributed by atoms with Crippen molar-refractivity contribution in [2.45, 2.75) is 6.92 Å². The van der Waals surface area contributed by atoms with E-state index in [1.165, 1.54) is 10.8 Å². The molecule has 0 N–H and O–H groups in total. The second kappa shape index (κ2) is 2.87. The van der Waals surface area contributed by atoms with E-state index in [4.69, 9.17) is 0 Å². The molecule has 0 amide bonds. The Morgan fingerprint density at radius 2 is 2.00 bits per heavy atom. The van der Waals surface area contributed by atoms with Crippen LogP contribution in [0.2, 0.25) is 0 Å². The molecule has 1 heterocycles. The number of halogens is 1. The van der Waals surface area contributed by atoms with Crippen molar-refractivity contribution >= 4 is 26.7 Å². The molecule has 0 atom stereocenters. The van der Waals surface area contributed by atoms with Gasteiger partial charge in [-0.05, 0) is 34.3 Å². The molecule has 1 aromatic heterocycles. The minimum Gasteiger partial charge on any atom is -0.246 e. The van der Waals surface area contributed by atoms with Gasteiger partial charge in [0.15, 0.2) is 0 Å². The van der Waals surface area contributed by atoms with Crippen molar-refractivity contribution < 1.29 is 0 Å². The smallest absolute Gasteiger partial charge is 0.107 e. The van der Waals surface area contributed by atoms with Crippen LogP contribution in [0.25, 0.3) is 10.8 Å². The van der Waals surface area contributed by atoms with Gasteiger partial charge in [0, 0.05) is 11.1 Å². The zero-order chi connectivity index (χ0) is 8.55.